The fraction of sp³-hybridized carbons (Fsp3) is 0.231. The molecule has 2 unspecified atom stereocenters. The van der Waals surface area contributed by atoms with Gasteiger partial charge in [-0.2, -0.15) is 0 Å². The largest absolute Gasteiger partial charge is 0.497 e. The molecule has 32 heavy (non-hydrogen) atoms. The Bertz CT molecular complexity index is 1100. The van der Waals surface area contributed by atoms with Gasteiger partial charge in [-0.15, -0.1) is 0 Å². The van der Waals surface area contributed by atoms with Gasteiger partial charge in [0, 0.05) is 25.6 Å². The maximum absolute atomic E-state index is 13.2. The van der Waals surface area contributed by atoms with Gasteiger partial charge in [0.05, 0.1) is 23.6 Å². The maximum atomic E-state index is 13.2. The predicted molar refractivity (Wildman–Crippen MR) is 125 cm³/mol. The molecule has 1 fully saturated rings. The van der Waals surface area contributed by atoms with E-state index in [1.54, 1.807) is 36.3 Å². The first-order chi connectivity index (χ1) is 15.6. The smallest absolute Gasteiger partial charge is 0.255 e. The Morgan fingerprint density at radius 3 is 2.50 bits per heavy atom. The summed E-state index contributed by atoms with van der Waals surface area (Å²) in [5.74, 6) is -0.0376. The summed E-state index contributed by atoms with van der Waals surface area (Å²) < 4.78 is 5.38. The molecule has 0 bridgehead atoms. The van der Waals surface area contributed by atoms with Crippen LogP contribution >= 0.6 is 11.6 Å². The summed E-state index contributed by atoms with van der Waals surface area (Å²) >= 11 is 6.26. The topological polar surface area (TPSA) is 58.6 Å². The van der Waals surface area contributed by atoms with E-state index in [-0.39, 0.29) is 23.7 Å². The van der Waals surface area contributed by atoms with Crippen molar-refractivity contribution >= 4 is 23.4 Å². The highest BCUT2D eigenvalue weighted by atomic mass is 35.5. The van der Waals surface area contributed by atoms with Crippen molar-refractivity contribution in [2.45, 2.75) is 12.5 Å². The zero-order valence-corrected chi connectivity index (χ0v) is 18.6. The van der Waals surface area contributed by atoms with Crippen LogP contribution in [0.25, 0.3) is 0 Å². The Morgan fingerprint density at radius 2 is 1.75 bits per heavy atom. The van der Waals surface area contributed by atoms with E-state index in [0.717, 1.165) is 16.9 Å². The molecule has 0 radical (unpaired) electrons. The molecule has 3 aromatic rings. The van der Waals surface area contributed by atoms with E-state index in [1.807, 2.05) is 54.6 Å². The third-order valence-corrected chi connectivity index (χ3v) is 6.21. The average molecular weight is 449 g/mol. The van der Waals surface area contributed by atoms with Gasteiger partial charge in [-0.25, -0.2) is 0 Å². The quantitative estimate of drug-likeness (QED) is 0.603. The fourth-order valence-corrected chi connectivity index (χ4v) is 4.38. The van der Waals surface area contributed by atoms with Gasteiger partial charge in [0.2, 0.25) is 5.91 Å². The highest BCUT2D eigenvalue weighted by Crippen LogP contribution is 2.35. The summed E-state index contributed by atoms with van der Waals surface area (Å²) in [4.78, 5) is 28.1. The van der Waals surface area contributed by atoms with Gasteiger partial charge >= 0.3 is 0 Å². The lowest BCUT2D eigenvalue weighted by Crippen LogP contribution is -2.35. The predicted octanol–water partition coefficient (Wildman–Crippen LogP) is 4.52. The van der Waals surface area contributed by atoms with Crippen LogP contribution in [0.3, 0.4) is 0 Å². The van der Waals surface area contributed by atoms with Crippen molar-refractivity contribution in [3.8, 4) is 5.75 Å². The van der Waals surface area contributed by atoms with E-state index < -0.39 is 0 Å². The number of likely N-dealkylation sites (tertiary alicyclic amines) is 1. The summed E-state index contributed by atoms with van der Waals surface area (Å²) in [5, 5.41) is 3.46. The van der Waals surface area contributed by atoms with Crippen molar-refractivity contribution in [2.24, 2.45) is 5.92 Å². The number of benzene rings is 3. The Hall–Kier alpha value is -3.31. The monoisotopic (exact) mass is 448 g/mol. The molecule has 4 rings (SSSR count). The number of amides is 2. The van der Waals surface area contributed by atoms with Crippen LogP contribution in [0, 0.1) is 5.92 Å². The van der Waals surface area contributed by atoms with Crippen molar-refractivity contribution in [3.63, 3.8) is 0 Å². The maximum Gasteiger partial charge on any atom is 0.255 e. The molecule has 1 heterocycles. The zero-order chi connectivity index (χ0) is 22.5. The Morgan fingerprint density at radius 1 is 1.00 bits per heavy atom. The van der Waals surface area contributed by atoms with E-state index in [4.69, 9.17) is 16.3 Å². The first-order valence-electron chi connectivity index (χ1n) is 10.6. The molecule has 0 spiro atoms. The molecule has 0 aliphatic carbocycles. The van der Waals surface area contributed by atoms with Gasteiger partial charge in [0.15, 0.2) is 0 Å². The summed E-state index contributed by atoms with van der Waals surface area (Å²) in [5.41, 5.74) is 2.45. The van der Waals surface area contributed by atoms with Gasteiger partial charge in [0.25, 0.3) is 5.91 Å². The lowest BCUT2D eigenvalue weighted by molar-refractivity contribution is -0.125. The molecule has 164 valence electrons. The van der Waals surface area contributed by atoms with E-state index in [9.17, 15) is 9.59 Å². The minimum Gasteiger partial charge on any atom is -0.497 e. The third kappa shape index (κ3) is 4.78. The van der Waals surface area contributed by atoms with Gasteiger partial charge in [-0.3, -0.25) is 9.59 Å². The molecule has 3 aromatic carbocycles. The van der Waals surface area contributed by atoms with Crippen molar-refractivity contribution in [3.05, 3.63) is 101 Å². The minimum absolute atomic E-state index is 0.0730. The number of rotatable bonds is 6. The van der Waals surface area contributed by atoms with Crippen LogP contribution in [0.1, 0.15) is 27.4 Å². The van der Waals surface area contributed by atoms with Crippen LogP contribution in [0.4, 0.5) is 0 Å². The van der Waals surface area contributed by atoms with Crippen molar-refractivity contribution in [1.29, 1.82) is 0 Å². The van der Waals surface area contributed by atoms with Crippen molar-refractivity contribution in [2.75, 3.05) is 20.2 Å². The second-order valence-electron chi connectivity index (χ2n) is 7.88. The Labute approximate surface area is 193 Å². The number of carbonyl (C=O) groups excluding carboxylic acids is 2. The first kappa shape index (κ1) is 21.9. The van der Waals surface area contributed by atoms with E-state index in [2.05, 4.69) is 5.32 Å². The number of hydrogen-bond donors (Lipinski definition) is 1. The minimum atomic E-state index is -0.378. The number of ether oxygens (including phenoxy) is 1. The van der Waals surface area contributed by atoms with E-state index >= 15 is 0 Å². The van der Waals surface area contributed by atoms with Gasteiger partial charge in [0.1, 0.15) is 5.75 Å². The third-order valence-electron chi connectivity index (χ3n) is 5.88. The summed E-state index contributed by atoms with van der Waals surface area (Å²) in [6, 6.07) is 24.5. The molecular formula is C26H25ClN2O3. The summed E-state index contributed by atoms with van der Waals surface area (Å²) in [6.45, 7) is 1.20. The molecule has 1 N–H and O–H groups in total. The number of hydrogen-bond acceptors (Lipinski definition) is 3. The molecule has 1 saturated heterocycles. The fourth-order valence-electron chi connectivity index (χ4n) is 4.17. The van der Waals surface area contributed by atoms with Crippen LogP contribution in [-0.4, -0.2) is 36.9 Å². The normalized spacial score (nSPS) is 17.8. The highest BCUT2D eigenvalue weighted by molar-refractivity contribution is 6.33. The molecule has 2 amide bonds. The molecule has 5 nitrogen and oxygen atoms in total. The summed E-state index contributed by atoms with van der Waals surface area (Å²) in [7, 11) is 1.62. The lowest BCUT2D eigenvalue weighted by Gasteiger charge is -2.18. The van der Waals surface area contributed by atoms with Gasteiger partial charge in [-0.1, -0.05) is 66.2 Å². The molecule has 1 aliphatic heterocycles. The SMILES string of the molecule is COc1cccc(C2CN(C(=O)c3ccccc3Cl)CC2C(=O)NCc2ccccc2)c1. The second-order valence-corrected chi connectivity index (χ2v) is 8.29. The van der Waals surface area contributed by atoms with Crippen LogP contribution in [0.5, 0.6) is 5.75 Å². The average Bonchev–Trinajstić information content (AvgIpc) is 3.29. The van der Waals surface area contributed by atoms with Crippen LogP contribution in [0.15, 0.2) is 78.9 Å². The van der Waals surface area contributed by atoms with Crippen LogP contribution in [-0.2, 0) is 11.3 Å². The number of nitrogens with one attached hydrogen (secondary N) is 1. The van der Waals surface area contributed by atoms with Crippen LogP contribution in [0.2, 0.25) is 5.02 Å². The molecule has 0 saturated carbocycles. The van der Waals surface area contributed by atoms with E-state index in [1.165, 1.54) is 0 Å². The summed E-state index contributed by atoms with van der Waals surface area (Å²) in [6.07, 6.45) is 0. The van der Waals surface area contributed by atoms with Crippen molar-refractivity contribution in [1.82, 2.24) is 10.2 Å². The zero-order valence-electron chi connectivity index (χ0n) is 17.8. The number of halogens is 1. The standard InChI is InChI=1S/C26H25ClN2O3/c1-32-20-11-7-10-19(14-20)22-16-29(26(31)21-12-5-6-13-24(21)27)17-23(22)25(30)28-15-18-8-3-2-4-9-18/h2-14,22-23H,15-17H2,1H3,(H,28,30). The number of carbonyl (C=O) groups is 2. The molecule has 1 aliphatic rings. The second kappa shape index (κ2) is 9.88. The van der Waals surface area contributed by atoms with Gasteiger partial charge < -0.3 is 15.0 Å². The van der Waals surface area contributed by atoms with Crippen molar-refractivity contribution < 1.29 is 14.3 Å². The molecular weight excluding hydrogens is 424 g/mol. The number of methoxy groups -OCH3 is 1. The number of nitrogens with zero attached hydrogens (tertiary/aromatic N) is 1. The first-order valence-corrected chi connectivity index (χ1v) is 10.9. The Kier molecular flexibility index (Phi) is 6.76. The van der Waals surface area contributed by atoms with Gasteiger partial charge in [-0.05, 0) is 35.4 Å². The Balaban J connectivity index is 1.58. The van der Waals surface area contributed by atoms with Crippen LogP contribution < -0.4 is 10.1 Å². The highest BCUT2D eigenvalue weighted by Gasteiger charge is 2.41. The lowest BCUT2D eigenvalue weighted by atomic mass is 9.88. The molecule has 2 atom stereocenters. The molecule has 0 aromatic heterocycles. The molecule has 6 heteroatoms. The van der Waals surface area contributed by atoms with E-state index in [0.29, 0.717) is 30.2 Å².